The summed E-state index contributed by atoms with van der Waals surface area (Å²) in [5, 5.41) is 2.79. The van der Waals surface area contributed by atoms with E-state index < -0.39 is 0 Å². The number of amides is 1. The summed E-state index contributed by atoms with van der Waals surface area (Å²) in [6.45, 7) is 1.03. The maximum Gasteiger partial charge on any atom is 0.220 e. The van der Waals surface area contributed by atoms with Crippen molar-refractivity contribution in [1.82, 2.24) is 5.32 Å². The summed E-state index contributed by atoms with van der Waals surface area (Å²) in [6, 6.07) is 9.12. The molecular formula is C13H19ClN2O2S. The molecule has 0 heterocycles. The van der Waals surface area contributed by atoms with Crippen molar-refractivity contribution in [3.63, 3.8) is 0 Å². The minimum atomic E-state index is -0.00629. The number of nitrogens with two attached hydrogens (primary N) is 1. The van der Waals surface area contributed by atoms with E-state index in [-0.39, 0.29) is 23.4 Å². The quantitative estimate of drug-likeness (QED) is 0.754. The number of hydrogen-bond acceptors (Lipinski definition) is 4. The third kappa shape index (κ3) is 7.87. The molecule has 0 radical (unpaired) electrons. The molecule has 0 fully saturated rings. The molecule has 1 aromatic carbocycles. The van der Waals surface area contributed by atoms with Crippen LogP contribution in [0.5, 0.6) is 0 Å². The lowest BCUT2D eigenvalue weighted by atomic mass is 10.2. The third-order valence-electron chi connectivity index (χ3n) is 2.27. The average molecular weight is 303 g/mol. The van der Waals surface area contributed by atoms with Crippen LogP contribution in [0, 0.1) is 0 Å². The molecule has 1 rings (SSSR count). The molecule has 3 N–H and O–H groups in total. The van der Waals surface area contributed by atoms with Gasteiger partial charge >= 0.3 is 0 Å². The Morgan fingerprint density at radius 3 is 2.53 bits per heavy atom. The predicted molar refractivity (Wildman–Crippen MR) is 81.8 cm³/mol. The minimum Gasteiger partial charge on any atom is -0.355 e. The van der Waals surface area contributed by atoms with Crippen LogP contribution in [0.1, 0.15) is 23.2 Å². The summed E-state index contributed by atoms with van der Waals surface area (Å²) in [5.41, 5.74) is 6.00. The van der Waals surface area contributed by atoms with Crippen molar-refractivity contribution in [3.05, 3.63) is 35.9 Å². The highest BCUT2D eigenvalue weighted by Gasteiger charge is 2.05. The summed E-state index contributed by atoms with van der Waals surface area (Å²) in [4.78, 5) is 23.0. The molecule has 0 unspecified atom stereocenters. The topological polar surface area (TPSA) is 72.2 Å². The van der Waals surface area contributed by atoms with Gasteiger partial charge in [0.15, 0.2) is 0 Å². The van der Waals surface area contributed by atoms with Crippen molar-refractivity contribution in [2.24, 2.45) is 5.73 Å². The van der Waals surface area contributed by atoms with Gasteiger partial charge in [0.05, 0.1) is 0 Å². The monoisotopic (exact) mass is 302 g/mol. The lowest BCUT2D eigenvalue weighted by molar-refractivity contribution is -0.121. The first-order chi connectivity index (χ1) is 8.74. The zero-order valence-corrected chi connectivity index (χ0v) is 12.3. The van der Waals surface area contributed by atoms with Crippen molar-refractivity contribution < 1.29 is 9.59 Å². The van der Waals surface area contributed by atoms with Crippen LogP contribution in [0.3, 0.4) is 0 Å². The van der Waals surface area contributed by atoms with Gasteiger partial charge in [-0.2, -0.15) is 0 Å². The number of carbonyl (C=O) groups excluding carboxylic acids is 2. The molecule has 4 nitrogen and oxygen atoms in total. The van der Waals surface area contributed by atoms with Gasteiger partial charge in [0, 0.05) is 24.3 Å². The van der Waals surface area contributed by atoms with Crippen molar-refractivity contribution in [3.8, 4) is 0 Å². The van der Waals surface area contributed by atoms with Gasteiger partial charge in [-0.1, -0.05) is 42.1 Å². The molecular weight excluding hydrogens is 284 g/mol. The summed E-state index contributed by atoms with van der Waals surface area (Å²) in [5.74, 6) is 0.579. The third-order valence-corrected chi connectivity index (χ3v) is 3.18. The van der Waals surface area contributed by atoms with E-state index in [0.29, 0.717) is 37.2 Å². The number of carbonyl (C=O) groups is 2. The summed E-state index contributed by atoms with van der Waals surface area (Å²) < 4.78 is 0. The first-order valence-corrected chi connectivity index (χ1v) is 6.91. The lowest BCUT2D eigenvalue weighted by Gasteiger charge is -2.04. The van der Waals surface area contributed by atoms with Gasteiger partial charge in [0.2, 0.25) is 11.0 Å². The summed E-state index contributed by atoms with van der Waals surface area (Å²) in [7, 11) is 0. The molecule has 106 valence electrons. The second-order valence-electron chi connectivity index (χ2n) is 3.74. The van der Waals surface area contributed by atoms with Crippen LogP contribution < -0.4 is 11.1 Å². The molecule has 0 bridgehead atoms. The zero-order chi connectivity index (χ0) is 13.2. The highest BCUT2D eigenvalue weighted by atomic mass is 35.5. The highest BCUT2D eigenvalue weighted by Crippen LogP contribution is 2.11. The number of nitrogens with one attached hydrogen (secondary N) is 1. The fourth-order valence-corrected chi connectivity index (χ4v) is 2.04. The largest absolute Gasteiger partial charge is 0.355 e. The Labute approximate surface area is 123 Å². The molecule has 1 amide bonds. The van der Waals surface area contributed by atoms with Gasteiger partial charge in [-0.3, -0.25) is 9.59 Å². The SMILES string of the molecule is Cl.NCCCC(=O)NCCSC(=O)c1ccccc1. The Morgan fingerprint density at radius 1 is 1.21 bits per heavy atom. The van der Waals surface area contributed by atoms with E-state index in [1.807, 2.05) is 18.2 Å². The fraction of sp³-hybridized carbons (Fsp3) is 0.385. The van der Waals surface area contributed by atoms with Gasteiger partial charge in [-0.05, 0) is 13.0 Å². The van der Waals surface area contributed by atoms with Gasteiger partial charge in [0.25, 0.3) is 0 Å². The molecule has 0 saturated heterocycles. The molecule has 0 atom stereocenters. The first-order valence-electron chi connectivity index (χ1n) is 5.93. The van der Waals surface area contributed by atoms with Gasteiger partial charge in [-0.15, -0.1) is 12.4 Å². The van der Waals surface area contributed by atoms with Crippen LogP contribution in [-0.2, 0) is 4.79 Å². The Hall–Kier alpha value is -1.04. The van der Waals surface area contributed by atoms with Crippen LogP contribution in [0.25, 0.3) is 0 Å². The minimum absolute atomic E-state index is 0. The van der Waals surface area contributed by atoms with E-state index in [0.717, 1.165) is 0 Å². The Bertz CT molecular complexity index is 387. The van der Waals surface area contributed by atoms with E-state index in [1.54, 1.807) is 12.1 Å². The van der Waals surface area contributed by atoms with Gasteiger partial charge < -0.3 is 11.1 Å². The van der Waals surface area contributed by atoms with E-state index >= 15 is 0 Å². The number of hydrogen-bond donors (Lipinski definition) is 2. The molecule has 0 saturated carbocycles. The second-order valence-corrected chi connectivity index (χ2v) is 4.81. The van der Waals surface area contributed by atoms with Crippen molar-refractivity contribution in [2.45, 2.75) is 12.8 Å². The van der Waals surface area contributed by atoms with Crippen LogP contribution in [0.15, 0.2) is 30.3 Å². The van der Waals surface area contributed by atoms with E-state index in [4.69, 9.17) is 5.73 Å². The van der Waals surface area contributed by atoms with Crippen molar-refractivity contribution in [2.75, 3.05) is 18.8 Å². The van der Waals surface area contributed by atoms with Crippen molar-refractivity contribution in [1.29, 1.82) is 0 Å². The summed E-state index contributed by atoms with van der Waals surface area (Å²) in [6.07, 6.45) is 1.15. The smallest absolute Gasteiger partial charge is 0.220 e. The first kappa shape index (κ1) is 18.0. The Balaban J connectivity index is 0.00000324. The van der Waals surface area contributed by atoms with E-state index in [9.17, 15) is 9.59 Å². The van der Waals surface area contributed by atoms with Gasteiger partial charge in [0.1, 0.15) is 0 Å². The molecule has 0 aliphatic carbocycles. The second kappa shape index (κ2) is 10.8. The number of benzene rings is 1. The number of thioether (sulfide) groups is 1. The Kier molecular flexibility index (Phi) is 10.2. The average Bonchev–Trinajstić information content (AvgIpc) is 2.42. The summed E-state index contributed by atoms with van der Waals surface area (Å²) >= 11 is 1.22. The van der Waals surface area contributed by atoms with Crippen LogP contribution in [0.2, 0.25) is 0 Å². The maximum atomic E-state index is 11.7. The number of halogens is 1. The molecule has 0 aliphatic rings. The molecule has 0 aromatic heterocycles. The highest BCUT2D eigenvalue weighted by molar-refractivity contribution is 8.14. The standard InChI is InChI=1S/C13H18N2O2S.ClH/c14-8-4-7-12(16)15-9-10-18-13(17)11-5-2-1-3-6-11;/h1-3,5-6H,4,7-10,14H2,(H,15,16);1H. The maximum absolute atomic E-state index is 11.7. The Morgan fingerprint density at radius 2 is 1.89 bits per heavy atom. The fourth-order valence-electron chi connectivity index (χ4n) is 1.34. The lowest BCUT2D eigenvalue weighted by Crippen LogP contribution is -2.26. The number of rotatable bonds is 7. The molecule has 19 heavy (non-hydrogen) atoms. The molecule has 1 aromatic rings. The normalized spacial score (nSPS) is 9.53. The molecule has 6 heteroatoms. The van der Waals surface area contributed by atoms with Gasteiger partial charge in [-0.25, -0.2) is 0 Å². The van der Waals surface area contributed by atoms with Crippen LogP contribution in [-0.4, -0.2) is 29.9 Å². The molecule has 0 spiro atoms. The van der Waals surface area contributed by atoms with Crippen molar-refractivity contribution >= 4 is 35.2 Å². The predicted octanol–water partition coefficient (Wildman–Crippen LogP) is 1.84. The van der Waals surface area contributed by atoms with Crippen LogP contribution >= 0.6 is 24.2 Å². The van der Waals surface area contributed by atoms with Crippen LogP contribution in [0.4, 0.5) is 0 Å². The molecule has 0 aliphatic heterocycles. The zero-order valence-electron chi connectivity index (χ0n) is 10.6. The van der Waals surface area contributed by atoms with E-state index in [2.05, 4.69) is 5.32 Å². The van der Waals surface area contributed by atoms with E-state index in [1.165, 1.54) is 11.8 Å².